The van der Waals surface area contributed by atoms with Gasteiger partial charge in [0, 0.05) is 31.7 Å². The van der Waals surface area contributed by atoms with E-state index in [1.807, 2.05) is 12.1 Å². The first-order valence-electron chi connectivity index (χ1n) is 7.49. The monoisotopic (exact) mass is 275 g/mol. The summed E-state index contributed by atoms with van der Waals surface area (Å²) in [5, 5.41) is 6.42. The molecule has 1 aromatic carbocycles. The highest BCUT2D eigenvalue weighted by molar-refractivity contribution is 5.88. The van der Waals surface area contributed by atoms with Crippen LogP contribution >= 0.6 is 0 Å². The Hall–Kier alpha value is -1.39. The van der Waals surface area contributed by atoms with Crippen molar-refractivity contribution in [3.8, 4) is 0 Å². The number of carbonyl (C=O) groups excluding carboxylic acids is 1. The fraction of sp³-hybridized carbons (Fsp3) is 0.562. The molecule has 1 fully saturated rings. The molecular formula is C16H25N3O. The van der Waals surface area contributed by atoms with Crippen molar-refractivity contribution in [2.24, 2.45) is 0 Å². The van der Waals surface area contributed by atoms with Crippen molar-refractivity contribution < 1.29 is 4.79 Å². The maximum atomic E-state index is 11.0. The van der Waals surface area contributed by atoms with E-state index in [1.54, 1.807) is 0 Å². The van der Waals surface area contributed by atoms with Gasteiger partial charge in [-0.2, -0.15) is 0 Å². The summed E-state index contributed by atoms with van der Waals surface area (Å²) in [6.45, 7) is 8.17. The van der Waals surface area contributed by atoms with Crippen LogP contribution in [0.3, 0.4) is 0 Å². The van der Waals surface area contributed by atoms with Crippen LogP contribution in [0.15, 0.2) is 24.3 Å². The van der Waals surface area contributed by atoms with E-state index in [1.165, 1.54) is 31.9 Å². The number of hydrogen-bond donors (Lipinski definition) is 2. The molecule has 1 atom stereocenters. The quantitative estimate of drug-likeness (QED) is 0.866. The Morgan fingerprint density at radius 1 is 1.35 bits per heavy atom. The second kappa shape index (κ2) is 7.41. The standard InChI is InChI=1S/C16H25N3O/c1-3-19-10-4-5-16(12-19)17-11-14-6-8-15(9-7-14)18-13(2)20/h6-9,16-17H,3-5,10-12H2,1-2H3,(H,18,20). The summed E-state index contributed by atoms with van der Waals surface area (Å²) < 4.78 is 0. The van der Waals surface area contributed by atoms with E-state index >= 15 is 0 Å². The van der Waals surface area contributed by atoms with Crippen LogP contribution in [-0.2, 0) is 11.3 Å². The first-order valence-corrected chi connectivity index (χ1v) is 7.49. The minimum Gasteiger partial charge on any atom is -0.326 e. The molecule has 20 heavy (non-hydrogen) atoms. The largest absolute Gasteiger partial charge is 0.326 e. The summed E-state index contributed by atoms with van der Waals surface area (Å²) in [7, 11) is 0. The summed E-state index contributed by atoms with van der Waals surface area (Å²) in [5.41, 5.74) is 2.11. The van der Waals surface area contributed by atoms with Crippen LogP contribution in [0.2, 0.25) is 0 Å². The fourth-order valence-electron chi connectivity index (χ4n) is 2.68. The minimum absolute atomic E-state index is 0.0299. The van der Waals surface area contributed by atoms with Crippen molar-refractivity contribution in [2.75, 3.05) is 25.0 Å². The van der Waals surface area contributed by atoms with E-state index in [4.69, 9.17) is 0 Å². The Morgan fingerprint density at radius 2 is 2.10 bits per heavy atom. The molecule has 2 N–H and O–H groups in total. The number of rotatable bonds is 5. The predicted molar refractivity (Wildman–Crippen MR) is 82.7 cm³/mol. The molecule has 0 spiro atoms. The van der Waals surface area contributed by atoms with Crippen LogP contribution in [0.25, 0.3) is 0 Å². The number of carbonyl (C=O) groups is 1. The first kappa shape index (κ1) is 15.0. The summed E-state index contributed by atoms with van der Waals surface area (Å²) in [6, 6.07) is 8.64. The van der Waals surface area contributed by atoms with Crippen molar-refractivity contribution in [3.63, 3.8) is 0 Å². The Morgan fingerprint density at radius 3 is 2.75 bits per heavy atom. The van der Waals surface area contributed by atoms with Crippen molar-refractivity contribution in [1.29, 1.82) is 0 Å². The Bertz CT molecular complexity index is 430. The van der Waals surface area contributed by atoms with Gasteiger partial charge in [0.05, 0.1) is 0 Å². The van der Waals surface area contributed by atoms with Gasteiger partial charge in [-0.15, -0.1) is 0 Å². The topological polar surface area (TPSA) is 44.4 Å². The van der Waals surface area contributed by atoms with Gasteiger partial charge in [-0.3, -0.25) is 4.79 Å². The maximum Gasteiger partial charge on any atom is 0.221 e. The van der Waals surface area contributed by atoms with Crippen molar-refractivity contribution >= 4 is 11.6 Å². The highest BCUT2D eigenvalue weighted by Crippen LogP contribution is 2.12. The number of anilines is 1. The molecule has 1 saturated heterocycles. The number of amides is 1. The summed E-state index contributed by atoms with van der Waals surface area (Å²) >= 11 is 0. The molecule has 1 aliphatic heterocycles. The van der Waals surface area contributed by atoms with Gasteiger partial charge in [0.15, 0.2) is 0 Å². The number of hydrogen-bond acceptors (Lipinski definition) is 3. The molecule has 2 rings (SSSR count). The zero-order valence-electron chi connectivity index (χ0n) is 12.5. The van der Waals surface area contributed by atoms with Gasteiger partial charge in [0.1, 0.15) is 0 Å². The van der Waals surface area contributed by atoms with Gasteiger partial charge in [-0.05, 0) is 43.6 Å². The molecule has 0 saturated carbocycles. The van der Waals surface area contributed by atoms with Crippen LogP contribution < -0.4 is 10.6 Å². The molecule has 110 valence electrons. The molecule has 1 amide bonds. The fourth-order valence-corrected chi connectivity index (χ4v) is 2.68. The lowest BCUT2D eigenvalue weighted by molar-refractivity contribution is -0.114. The van der Waals surface area contributed by atoms with Crippen molar-refractivity contribution in [3.05, 3.63) is 29.8 Å². The first-order chi connectivity index (χ1) is 9.67. The van der Waals surface area contributed by atoms with Crippen LogP contribution in [0, 0.1) is 0 Å². The molecular weight excluding hydrogens is 250 g/mol. The van der Waals surface area contributed by atoms with Crippen LogP contribution in [0.1, 0.15) is 32.3 Å². The number of likely N-dealkylation sites (tertiary alicyclic amines) is 1. The Kier molecular flexibility index (Phi) is 5.56. The molecule has 4 nitrogen and oxygen atoms in total. The lowest BCUT2D eigenvalue weighted by Crippen LogP contribution is -2.45. The maximum absolute atomic E-state index is 11.0. The smallest absolute Gasteiger partial charge is 0.221 e. The lowest BCUT2D eigenvalue weighted by Gasteiger charge is -2.32. The third kappa shape index (κ3) is 4.62. The number of nitrogens with one attached hydrogen (secondary N) is 2. The molecule has 1 aromatic rings. The molecule has 4 heteroatoms. The van der Waals surface area contributed by atoms with E-state index in [9.17, 15) is 4.79 Å². The minimum atomic E-state index is -0.0299. The van der Waals surface area contributed by atoms with E-state index < -0.39 is 0 Å². The molecule has 1 heterocycles. The summed E-state index contributed by atoms with van der Waals surface area (Å²) in [4.78, 5) is 13.5. The van der Waals surface area contributed by atoms with Crippen LogP contribution in [-0.4, -0.2) is 36.5 Å². The Labute approximate surface area is 121 Å². The number of benzene rings is 1. The van der Waals surface area contributed by atoms with Gasteiger partial charge in [-0.1, -0.05) is 19.1 Å². The second-order valence-corrected chi connectivity index (χ2v) is 5.49. The zero-order chi connectivity index (χ0) is 14.4. The van der Waals surface area contributed by atoms with Gasteiger partial charge >= 0.3 is 0 Å². The average Bonchev–Trinajstić information content (AvgIpc) is 2.46. The van der Waals surface area contributed by atoms with Crippen molar-refractivity contribution in [2.45, 2.75) is 39.3 Å². The normalized spacial score (nSPS) is 19.8. The van der Waals surface area contributed by atoms with Gasteiger partial charge in [0.25, 0.3) is 0 Å². The summed E-state index contributed by atoms with van der Waals surface area (Å²) in [6.07, 6.45) is 2.55. The second-order valence-electron chi connectivity index (χ2n) is 5.49. The molecule has 0 radical (unpaired) electrons. The van der Waals surface area contributed by atoms with E-state index in [0.717, 1.165) is 25.3 Å². The highest BCUT2D eigenvalue weighted by atomic mass is 16.1. The molecule has 1 aliphatic rings. The van der Waals surface area contributed by atoms with Gasteiger partial charge < -0.3 is 15.5 Å². The van der Waals surface area contributed by atoms with Gasteiger partial charge in [0.2, 0.25) is 5.91 Å². The SMILES string of the molecule is CCN1CCCC(NCc2ccc(NC(C)=O)cc2)C1. The van der Waals surface area contributed by atoms with E-state index in [0.29, 0.717) is 6.04 Å². The molecule has 0 aromatic heterocycles. The van der Waals surface area contributed by atoms with Crippen LogP contribution in [0.5, 0.6) is 0 Å². The van der Waals surface area contributed by atoms with E-state index in [-0.39, 0.29) is 5.91 Å². The molecule has 1 unspecified atom stereocenters. The number of likely N-dealkylation sites (N-methyl/N-ethyl adjacent to an activating group) is 1. The lowest BCUT2D eigenvalue weighted by atomic mass is 10.1. The van der Waals surface area contributed by atoms with Crippen molar-refractivity contribution in [1.82, 2.24) is 10.2 Å². The zero-order valence-corrected chi connectivity index (χ0v) is 12.5. The van der Waals surface area contributed by atoms with Gasteiger partial charge in [-0.25, -0.2) is 0 Å². The third-order valence-electron chi connectivity index (χ3n) is 3.82. The number of piperidine rings is 1. The molecule has 0 aliphatic carbocycles. The highest BCUT2D eigenvalue weighted by Gasteiger charge is 2.17. The number of nitrogens with zero attached hydrogens (tertiary/aromatic N) is 1. The summed E-state index contributed by atoms with van der Waals surface area (Å²) in [5.74, 6) is -0.0299. The average molecular weight is 275 g/mol. The molecule has 0 bridgehead atoms. The van der Waals surface area contributed by atoms with E-state index in [2.05, 4.69) is 34.6 Å². The van der Waals surface area contributed by atoms with Crippen LogP contribution in [0.4, 0.5) is 5.69 Å². The predicted octanol–water partition coefficient (Wildman–Crippen LogP) is 2.22. The Balaban J connectivity index is 1.80. The third-order valence-corrected chi connectivity index (χ3v) is 3.82.